The second kappa shape index (κ2) is 3.21. The predicted molar refractivity (Wildman–Crippen MR) is 34.4 cm³/mol. The van der Waals surface area contributed by atoms with Crippen molar-refractivity contribution in [2.75, 3.05) is 6.54 Å². The minimum atomic E-state index is 0.774. The van der Waals surface area contributed by atoms with Gasteiger partial charge in [0.1, 0.15) is 0 Å². The number of imidazole rings is 1. The molecule has 50 valence electrons. The summed E-state index contributed by atoms with van der Waals surface area (Å²) in [4.78, 5) is 3.87. The van der Waals surface area contributed by atoms with E-state index in [1.807, 2.05) is 10.8 Å². The molecule has 0 unspecified atom stereocenters. The summed E-state index contributed by atoms with van der Waals surface area (Å²) in [7, 11) is 0. The van der Waals surface area contributed by atoms with E-state index in [1.54, 1.807) is 12.5 Å². The van der Waals surface area contributed by atoms with Gasteiger partial charge in [0.2, 0.25) is 0 Å². The van der Waals surface area contributed by atoms with Crippen molar-refractivity contribution in [3.63, 3.8) is 0 Å². The van der Waals surface area contributed by atoms with Gasteiger partial charge >= 0.3 is 0 Å². The zero-order chi connectivity index (χ0) is 6.53. The lowest BCUT2D eigenvalue weighted by Crippen LogP contribution is -2.25. The normalized spacial score (nSPS) is 9.89. The number of hydrogen-bond donors (Lipinski definition) is 2. The highest BCUT2D eigenvalue weighted by molar-refractivity contribution is 4.73. The minimum Gasteiger partial charge on any atom is -0.336 e. The summed E-state index contributed by atoms with van der Waals surface area (Å²) < 4.78 is 1.96. The maximum Gasteiger partial charge on any atom is 0.0946 e. The van der Waals surface area contributed by atoms with Crippen molar-refractivity contribution in [3.8, 4) is 0 Å². The van der Waals surface area contributed by atoms with Crippen LogP contribution in [0.5, 0.6) is 0 Å². The van der Waals surface area contributed by atoms with E-state index in [0.29, 0.717) is 0 Å². The van der Waals surface area contributed by atoms with Gasteiger partial charge in [0, 0.05) is 25.5 Å². The molecule has 0 amide bonds. The standard InChI is InChI=1S/C5H10N4/c6-8-2-4-9-3-1-7-5-9/h1,3,5,8H,2,4,6H2. The van der Waals surface area contributed by atoms with Crippen LogP contribution in [0.15, 0.2) is 18.7 Å². The highest BCUT2D eigenvalue weighted by Gasteiger charge is 1.84. The largest absolute Gasteiger partial charge is 0.336 e. The molecule has 0 saturated carbocycles. The first-order valence-corrected chi connectivity index (χ1v) is 2.82. The van der Waals surface area contributed by atoms with Crippen LogP contribution >= 0.6 is 0 Å². The summed E-state index contributed by atoms with van der Waals surface area (Å²) in [6, 6.07) is 0. The van der Waals surface area contributed by atoms with E-state index in [2.05, 4.69) is 10.4 Å². The number of nitrogens with two attached hydrogens (primary N) is 1. The lowest BCUT2D eigenvalue weighted by Gasteiger charge is -1.97. The third kappa shape index (κ3) is 1.83. The van der Waals surface area contributed by atoms with Gasteiger partial charge in [-0.15, -0.1) is 0 Å². The highest BCUT2D eigenvalue weighted by atomic mass is 15.2. The molecule has 3 N–H and O–H groups in total. The maximum absolute atomic E-state index is 5.06. The number of hydrogen-bond acceptors (Lipinski definition) is 3. The molecule has 0 bridgehead atoms. The topological polar surface area (TPSA) is 55.9 Å². The monoisotopic (exact) mass is 126 g/mol. The molecular weight excluding hydrogens is 116 g/mol. The molecule has 9 heavy (non-hydrogen) atoms. The SMILES string of the molecule is NNCCn1ccnc1. The molecule has 0 saturated heterocycles. The fourth-order valence-electron chi connectivity index (χ4n) is 0.613. The van der Waals surface area contributed by atoms with Gasteiger partial charge in [-0.3, -0.25) is 11.3 Å². The van der Waals surface area contributed by atoms with Crippen LogP contribution in [0.25, 0.3) is 0 Å². The summed E-state index contributed by atoms with van der Waals surface area (Å²) in [6.07, 6.45) is 5.41. The quantitative estimate of drug-likeness (QED) is 0.418. The molecular formula is C5H10N4. The molecule has 0 aromatic carbocycles. The van der Waals surface area contributed by atoms with E-state index in [1.165, 1.54) is 0 Å². The van der Waals surface area contributed by atoms with Crippen LogP contribution in [0.1, 0.15) is 0 Å². The Morgan fingerprint density at radius 1 is 1.67 bits per heavy atom. The lowest BCUT2D eigenvalue weighted by molar-refractivity contribution is 0.616. The number of rotatable bonds is 3. The Balaban J connectivity index is 2.30. The van der Waals surface area contributed by atoms with Gasteiger partial charge in [-0.1, -0.05) is 0 Å². The van der Waals surface area contributed by atoms with E-state index < -0.39 is 0 Å². The maximum atomic E-state index is 5.06. The molecule has 1 rings (SSSR count). The van der Waals surface area contributed by atoms with Gasteiger partial charge in [-0.2, -0.15) is 0 Å². The first-order chi connectivity index (χ1) is 4.43. The van der Waals surface area contributed by atoms with E-state index in [9.17, 15) is 0 Å². The molecule has 1 heterocycles. The lowest BCUT2D eigenvalue weighted by atomic mass is 10.6. The van der Waals surface area contributed by atoms with Crippen LogP contribution in [0.4, 0.5) is 0 Å². The summed E-state index contributed by atoms with van der Waals surface area (Å²) >= 11 is 0. The van der Waals surface area contributed by atoms with E-state index in [0.717, 1.165) is 13.1 Å². The van der Waals surface area contributed by atoms with Crippen molar-refractivity contribution in [2.45, 2.75) is 6.54 Å². The molecule has 4 heteroatoms. The van der Waals surface area contributed by atoms with E-state index >= 15 is 0 Å². The smallest absolute Gasteiger partial charge is 0.0946 e. The molecule has 0 aliphatic rings. The minimum absolute atomic E-state index is 0.774. The van der Waals surface area contributed by atoms with Crippen molar-refractivity contribution in [3.05, 3.63) is 18.7 Å². The van der Waals surface area contributed by atoms with Crippen LogP contribution in [-0.4, -0.2) is 16.1 Å². The summed E-state index contributed by atoms with van der Waals surface area (Å²) in [5, 5.41) is 0. The average Bonchev–Trinajstić information content (AvgIpc) is 2.34. The molecule has 0 spiro atoms. The Morgan fingerprint density at radius 2 is 2.56 bits per heavy atom. The summed E-state index contributed by atoms with van der Waals surface area (Å²) in [5.41, 5.74) is 2.56. The van der Waals surface area contributed by atoms with Crippen LogP contribution in [-0.2, 0) is 6.54 Å². The number of nitrogens with zero attached hydrogens (tertiary/aromatic N) is 2. The van der Waals surface area contributed by atoms with Crippen LogP contribution in [0, 0.1) is 0 Å². The number of hydrazine groups is 1. The Kier molecular flexibility index (Phi) is 2.23. The van der Waals surface area contributed by atoms with Gasteiger partial charge < -0.3 is 4.57 Å². The molecule has 0 fully saturated rings. The van der Waals surface area contributed by atoms with Gasteiger partial charge in [-0.25, -0.2) is 4.98 Å². The molecule has 0 radical (unpaired) electrons. The van der Waals surface area contributed by atoms with Gasteiger partial charge in [0.25, 0.3) is 0 Å². The third-order valence-electron chi connectivity index (χ3n) is 1.07. The van der Waals surface area contributed by atoms with Crippen molar-refractivity contribution in [1.82, 2.24) is 15.0 Å². The second-order valence-corrected chi connectivity index (χ2v) is 1.75. The highest BCUT2D eigenvalue weighted by Crippen LogP contribution is 1.81. The Bertz CT molecular complexity index is 146. The van der Waals surface area contributed by atoms with Crippen LogP contribution in [0.2, 0.25) is 0 Å². The van der Waals surface area contributed by atoms with Crippen LogP contribution in [0.3, 0.4) is 0 Å². The van der Waals surface area contributed by atoms with Gasteiger partial charge in [0.15, 0.2) is 0 Å². The van der Waals surface area contributed by atoms with E-state index in [4.69, 9.17) is 5.84 Å². The fourth-order valence-corrected chi connectivity index (χ4v) is 0.613. The zero-order valence-corrected chi connectivity index (χ0v) is 5.12. The Morgan fingerprint density at radius 3 is 3.11 bits per heavy atom. The van der Waals surface area contributed by atoms with Crippen LogP contribution < -0.4 is 11.3 Å². The number of aromatic nitrogens is 2. The zero-order valence-electron chi connectivity index (χ0n) is 5.12. The molecule has 1 aromatic rings. The molecule has 0 aliphatic carbocycles. The second-order valence-electron chi connectivity index (χ2n) is 1.75. The van der Waals surface area contributed by atoms with Crippen molar-refractivity contribution in [1.29, 1.82) is 0 Å². The van der Waals surface area contributed by atoms with Crippen molar-refractivity contribution >= 4 is 0 Å². The van der Waals surface area contributed by atoms with Crippen molar-refractivity contribution < 1.29 is 0 Å². The van der Waals surface area contributed by atoms with E-state index in [-0.39, 0.29) is 0 Å². The molecule has 1 aromatic heterocycles. The summed E-state index contributed by atoms with van der Waals surface area (Å²) in [6.45, 7) is 1.65. The average molecular weight is 126 g/mol. The first-order valence-electron chi connectivity index (χ1n) is 2.82. The summed E-state index contributed by atoms with van der Waals surface area (Å²) in [5.74, 6) is 5.06. The predicted octanol–water partition coefficient (Wildman–Crippen LogP) is -0.654. The Hall–Kier alpha value is -0.870. The Labute approximate surface area is 53.7 Å². The van der Waals surface area contributed by atoms with Gasteiger partial charge in [-0.05, 0) is 0 Å². The molecule has 0 aliphatic heterocycles. The number of nitrogens with one attached hydrogen (secondary N) is 1. The van der Waals surface area contributed by atoms with Gasteiger partial charge in [0.05, 0.1) is 6.33 Å². The molecule has 4 nitrogen and oxygen atoms in total. The third-order valence-corrected chi connectivity index (χ3v) is 1.07. The first kappa shape index (κ1) is 6.25. The fraction of sp³-hybridized carbons (Fsp3) is 0.400. The molecule has 0 atom stereocenters. The van der Waals surface area contributed by atoms with Crippen molar-refractivity contribution in [2.24, 2.45) is 5.84 Å².